The maximum Gasteiger partial charge on any atom is 0.328 e. The Bertz CT molecular complexity index is 627. The fourth-order valence-electron chi connectivity index (χ4n) is 3.67. The number of ether oxygens (including phenoxy) is 1. The third-order valence-corrected chi connectivity index (χ3v) is 5.60. The first kappa shape index (κ1) is 21.4. The molecule has 2 atom stereocenters. The van der Waals surface area contributed by atoms with Crippen LogP contribution in [0.1, 0.15) is 31.4 Å². The topological polar surface area (TPSA) is 64.3 Å². The monoisotopic (exact) mass is 377 g/mol. The van der Waals surface area contributed by atoms with E-state index in [1.807, 2.05) is 13.8 Å². The summed E-state index contributed by atoms with van der Waals surface area (Å²) in [7, 11) is 1.37. The summed E-state index contributed by atoms with van der Waals surface area (Å²) in [5, 5.41) is 2.88. The number of benzene rings is 1. The number of carbonyl (C=O) groups excluding carboxylic acids is 2. The summed E-state index contributed by atoms with van der Waals surface area (Å²) in [5.74, 6) is -0.366. The second-order valence-electron chi connectivity index (χ2n) is 7.80. The van der Waals surface area contributed by atoms with Gasteiger partial charge in [-0.05, 0) is 12.8 Å². The minimum Gasteiger partial charge on any atom is -0.467 e. The third-order valence-electron chi connectivity index (χ3n) is 5.60. The molecule has 1 aliphatic rings. The van der Waals surface area contributed by atoms with Crippen molar-refractivity contribution in [1.82, 2.24) is 5.32 Å². The molecule has 1 amide bonds. The number of amides is 1. The minimum atomic E-state index is -0.555. The van der Waals surface area contributed by atoms with Gasteiger partial charge in [-0.25, -0.2) is 4.79 Å². The highest BCUT2D eigenvalue weighted by molar-refractivity contribution is 5.85. The van der Waals surface area contributed by atoms with Crippen LogP contribution < -0.4 is 15.1 Å². The number of nitrogens with one attached hydrogen (secondary N) is 3. The molecular formula is C21H35N3O3+2. The van der Waals surface area contributed by atoms with Crippen molar-refractivity contribution in [1.29, 1.82) is 0 Å². The van der Waals surface area contributed by atoms with Gasteiger partial charge in [0.1, 0.15) is 38.8 Å². The molecule has 6 heteroatoms. The molecule has 0 aliphatic carbocycles. The molecule has 0 bridgehead atoms. The van der Waals surface area contributed by atoms with E-state index in [2.05, 4.69) is 36.5 Å². The maximum absolute atomic E-state index is 12.4. The van der Waals surface area contributed by atoms with Crippen molar-refractivity contribution in [3.05, 3.63) is 35.4 Å². The highest BCUT2D eigenvalue weighted by atomic mass is 16.5. The molecule has 1 saturated heterocycles. The van der Waals surface area contributed by atoms with Gasteiger partial charge in [-0.2, -0.15) is 0 Å². The highest BCUT2D eigenvalue weighted by Crippen LogP contribution is 2.08. The van der Waals surface area contributed by atoms with Crippen LogP contribution in [0.25, 0.3) is 0 Å². The van der Waals surface area contributed by atoms with Crippen molar-refractivity contribution in [3.63, 3.8) is 0 Å². The quantitative estimate of drug-likeness (QED) is 0.509. The average molecular weight is 378 g/mol. The number of hydrogen-bond donors (Lipinski definition) is 3. The van der Waals surface area contributed by atoms with Crippen molar-refractivity contribution in [2.45, 2.75) is 39.8 Å². The Kier molecular flexibility index (Phi) is 8.25. The number of rotatable bonds is 8. The van der Waals surface area contributed by atoms with Gasteiger partial charge in [0.05, 0.1) is 7.11 Å². The molecule has 3 N–H and O–H groups in total. The fraction of sp³-hybridized carbons (Fsp3) is 0.619. The summed E-state index contributed by atoms with van der Waals surface area (Å²) >= 11 is 0. The van der Waals surface area contributed by atoms with Crippen LogP contribution in [0.5, 0.6) is 0 Å². The molecule has 0 saturated carbocycles. The Labute approximate surface area is 162 Å². The van der Waals surface area contributed by atoms with Crippen LogP contribution >= 0.6 is 0 Å². The first-order chi connectivity index (χ1) is 12.9. The Hall–Kier alpha value is -1.92. The van der Waals surface area contributed by atoms with Crippen molar-refractivity contribution in [3.8, 4) is 0 Å². The number of quaternary nitrogens is 2. The second-order valence-corrected chi connectivity index (χ2v) is 7.80. The normalized spacial score (nSPS) is 21.9. The Morgan fingerprint density at radius 3 is 2.44 bits per heavy atom. The van der Waals surface area contributed by atoms with Gasteiger partial charge in [-0.1, -0.05) is 50.1 Å². The van der Waals surface area contributed by atoms with Crippen molar-refractivity contribution in [2.24, 2.45) is 5.92 Å². The van der Waals surface area contributed by atoms with E-state index >= 15 is 0 Å². The smallest absolute Gasteiger partial charge is 0.328 e. The lowest BCUT2D eigenvalue weighted by molar-refractivity contribution is -1.02. The molecule has 1 aromatic rings. The van der Waals surface area contributed by atoms with E-state index in [1.54, 1.807) is 4.90 Å². The van der Waals surface area contributed by atoms with E-state index in [1.165, 1.54) is 23.1 Å². The van der Waals surface area contributed by atoms with Gasteiger partial charge in [-0.3, -0.25) is 4.79 Å². The van der Waals surface area contributed by atoms with Gasteiger partial charge in [0.25, 0.3) is 5.91 Å². The first-order valence-electron chi connectivity index (χ1n) is 10.0. The summed E-state index contributed by atoms with van der Waals surface area (Å²) in [4.78, 5) is 27.2. The zero-order chi connectivity index (χ0) is 19.8. The van der Waals surface area contributed by atoms with Gasteiger partial charge in [0, 0.05) is 5.56 Å². The largest absolute Gasteiger partial charge is 0.467 e. The second kappa shape index (κ2) is 10.4. The predicted octanol–water partition coefficient (Wildman–Crippen LogP) is -1.02. The van der Waals surface area contributed by atoms with Gasteiger partial charge >= 0.3 is 5.97 Å². The molecule has 1 aliphatic heterocycles. The van der Waals surface area contributed by atoms with Crippen LogP contribution in [0.2, 0.25) is 0 Å². The van der Waals surface area contributed by atoms with E-state index in [-0.39, 0.29) is 17.8 Å². The zero-order valence-corrected chi connectivity index (χ0v) is 17.1. The van der Waals surface area contributed by atoms with Gasteiger partial charge in [0.15, 0.2) is 6.54 Å². The zero-order valence-electron chi connectivity index (χ0n) is 17.1. The van der Waals surface area contributed by atoms with Crippen molar-refractivity contribution < 1.29 is 24.1 Å². The van der Waals surface area contributed by atoms with Crippen LogP contribution in [0.15, 0.2) is 24.3 Å². The Morgan fingerprint density at radius 1 is 1.19 bits per heavy atom. The van der Waals surface area contributed by atoms with Crippen molar-refractivity contribution >= 4 is 11.9 Å². The lowest BCUT2D eigenvalue weighted by Gasteiger charge is -2.30. The van der Waals surface area contributed by atoms with Gasteiger partial charge in [0.2, 0.25) is 0 Å². The molecule has 6 nitrogen and oxygen atoms in total. The lowest BCUT2D eigenvalue weighted by atomic mass is 9.99. The summed E-state index contributed by atoms with van der Waals surface area (Å²) < 4.78 is 4.84. The van der Waals surface area contributed by atoms with E-state index in [4.69, 9.17) is 4.74 Å². The van der Waals surface area contributed by atoms with Gasteiger partial charge in [-0.15, -0.1) is 0 Å². The van der Waals surface area contributed by atoms with Crippen LogP contribution in [0.4, 0.5) is 0 Å². The number of esters is 1. The molecule has 0 aromatic heterocycles. The number of aryl methyl sites for hydroxylation is 1. The molecular weight excluding hydrogens is 342 g/mol. The van der Waals surface area contributed by atoms with Crippen LogP contribution in [0.3, 0.4) is 0 Å². The van der Waals surface area contributed by atoms with E-state index in [0.29, 0.717) is 6.54 Å². The molecule has 150 valence electrons. The Balaban J connectivity index is 1.78. The molecule has 0 unspecified atom stereocenters. The standard InChI is InChI=1S/C21H33N3O3/c1-5-17(3)20(21(26)27-4)22-19(25)15-24-11-9-23(10-12-24)14-18-8-6-7-16(2)13-18/h6-8,13,17,20H,5,9-12,14-15H2,1-4H3,(H,22,25)/p+2/t17-,20+/m0/s1. The highest BCUT2D eigenvalue weighted by Gasteiger charge is 2.30. The van der Waals surface area contributed by atoms with Crippen molar-refractivity contribution in [2.75, 3.05) is 39.8 Å². The maximum atomic E-state index is 12.4. The predicted molar refractivity (Wildman–Crippen MR) is 105 cm³/mol. The summed E-state index contributed by atoms with van der Waals surface area (Å²) in [6.45, 7) is 11.6. The minimum absolute atomic E-state index is 0.0621. The SMILES string of the molecule is CC[C@H](C)[C@@H](NC(=O)C[NH+]1CC[NH+](Cc2cccc(C)c2)CC1)C(=O)OC. The Morgan fingerprint density at radius 2 is 1.85 bits per heavy atom. The fourth-order valence-corrected chi connectivity index (χ4v) is 3.67. The molecule has 1 fully saturated rings. The van der Waals surface area contributed by atoms with E-state index < -0.39 is 6.04 Å². The molecule has 1 heterocycles. The summed E-state index contributed by atoms with van der Waals surface area (Å²) in [6, 6.07) is 8.13. The first-order valence-corrected chi connectivity index (χ1v) is 10.0. The van der Waals surface area contributed by atoms with E-state index in [9.17, 15) is 9.59 Å². The summed E-state index contributed by atoms with van der Waals surface area (Å²) in [6.07, 6.45) is 0.813. The molecule has 2 rings (SSSR count). The number of carbonyl (C=O) groups is 2. The van der Waals surface area contributed by atoms with E-state index in [0.717, 1.165) is 39.1 Å². The number of hydrogen-bond acceptors (Lipinski definition) is 3. The summed E-state index contributed by atoms with van der Waals surface area (Å²) in [5.41, 5.74) is 2.68. The van der Waals surface area contributed by atoms with Crippen LogP contribution in [0, 0.1) is 12.8 Å². The molecule has 27 heavy (non-hydrogen) atoms. The van der Waals surface area contributed by atoms with Crippen LogP contribution in [-0.4, -0.2) is 57.8 Å². The number of methoxy groups -OCH3 is 1. The lowest BCUT2D eigenvalue weighted by Crippen LogP contribution is -3.28. The number of piperazine rings is 1. The van der Waals surface area contributed by atoms with Gasteiger partial charge < -0.3 is 19.9 Å². The molecule has 1 aromatic carbocycles. The van der Waals surface area contributed by atoms with Crippen LogP contribution in [-0.2, 0) is 20.9 Å². The average Bonchev–Trinajstić information content (AvgIpc) is 2.66. The molecule has 0 spiro atoms. The molecule has 0 radical (unpaired) electrons. The third kappa shape index (κ3) is 6.63.